The van der Waals surface area contributed by atoms with Gasteiger partial charge in [0.05, 0.1) is 11.9 Å². The fraction of sp³-hybridized carbons (Fsp3) is 0.143. The molecule has 1 amide bonds. The standard InChI is InChI=1S/C14H14BrN3O/c1-9-7-11(3-5-13(9)15)18-12-4-6-14(16-8-12)17-10(2)19/h3-8,18H,1-2H3,(H,16,17,19). The van der Waals surface area contributed by atoms with Gasteiger partial charge in [0.25, 0.3) is 0 Å². The van der Waals surface area contributed by atoms with Crippen LogP contribution in [0.1, 0.15) is 12.5 Å². The summed E-state index contributed by atoms with van der Waals surface area (Å²) in [5.74, 6) is 0.418. The molecule has 1 aromatic heterocycles. The average Bonchev–Trinajstić information content (AvgIpc) is 2.36. The van der Waals surface area contributed by atoms with Crippen LogP contribution in [0.4, 0.5) is 17.2 Å². The summed E-state index contributed by atoms with van der Waals surface area (Å²) < 4.78 is 1.08. The van der Waals surface area contributed by atoms with E-state index in [1.165, 1.54) is 6.92 Å². The van der Waals surface area contributed by atoms with Crippen molar-refractivity contribution in [1.29, 1.82) is 0 Å². The number of anilines is 3. The molecule has 2 N–H and O–H groups in total. The van der Waals surface area contributed by atoms with E-state index < -0.39 is 0 Å². The van der Waals surface area contributed by atoms with Crippen LogP contribution < -0.4 is 10.6 Å². The molecule has 5 heteroatoms. The SMILES string of the molecule is CC(=O)Nc1ccc(Nc2ccc(Br)c(C)c2)cn1. The second-order valence-corrected chi connectivity index (χ2v) is 5.06. The molecular weight excluding hydrogens is 306 g/mol. The van der Waals surface area contributed by atoms with Gasteiger partial charge in [-0.3, -0.25) is 4.79 Å². The summed E-state index contributed by atoms with van der Waals surface area (Å²) in [5, 5.41) is 5.88. The zero-order valence-electron chi connectivity index (χ0n) is 10.7. The molecule has 0 saturated heterocycles. The Morgan fingerprint density at radius 2 is 1.95 bits per heavy atom. The molecule has 0 bridgehead atoms. The number of nitrogens with zero attached hydrogens (tertiary/aromatic N) is 1. The van der Waals surface area contributed by atoms with E-state index in [0.29, 0.717) is 5.82 Å². The Balaban J connectivity index is 2.10. The number of aryl methyl sites for hydroxylation is 1. The lowest BCUT2D eigenvalue weighted by Crippen LogP contribution is -2.07. The summed E-state index contributed by atoms with van der Waals surface area (Å²) in [6.45, 7) is 3.49. The van der Waals surface area contributed by atoms with E-state index >= 15 is 0 Å². The molecule has 0 aliphatic rings. The smallest absolute Gasteiger partial charge is 0.222 e. The predicted octanol–water partition coefficient (Wildman–Crippen LogP) is 3.85. The van der Waals surface area contributed by atoms with Crippen LogP contribution in [0.25, 0.3) is 0 Å². The molecular formula is C14H14BrN3O. The van der Waals surface area contributed by atoms with Crippen LogP contribution in [0.2, 0.25) is 0 Å². The lowest BCUT2D eigenvalue weighted by molar-refractivity contribution is -0.114. The van der Waals surface area contributed by atoms with Crippen molar-refractivity contribution in [2.45, 2.75) is 13.8 Å². The Hall–Kier alpha value is -1.88. The molecule has 2 rings (SSSR count). The maximum Gasteiger partial charge on any atom is 0.222 e. The van der Waals surface area contributed by atoms with Crippen molar-refractivity contribution in [1.82, 2.24) is 4.98 Å². The highest BCUT2D eigenvalue weighted by Crippen LogP contribution is 2.23. The highest BCUT2D eigenvalue weighted by Gasteiger charge is 2.00. The van der Waals surface area contributed by atoms with E-state index in [1.54, 1.807) is 12.3 Å². The first-order valence-corrected chi connectivity index (χ1v) is 6.61. The number of halogens is 1. The third-order valence-corrected chi connectivity index (χ3v) is 3.40. The predicted molar refractivity (Wildman–Crippen MR) is 80.7 cm³/mol. The number of aromatic nitrogens is 1. The molecule has 0 aliphatic heterocycles. The minimum atomic E-state index is -0.128. The Kier molecular flexibility index (Phi) is 4.16. The number of pyridine rings is 1. The van der Waals surface area contributed by atoms with Crippen LogP contribution in [0, 0.1) is 6.92 Å². The zero-order chi connectivity index (χ0) is 13.8. The van der Waals surface area contributed by atoms with Crippen molar-refractivity contribution in [2.75, 3.05) is 10.6 Å². The highest BCUT2D eigenvalue weighted by molar-refractivity contribution is 9.10. The molecule has 0 aliphatic carbocycles. The van der Waals surface area contributed by atoms with Gasteiger partial charge in [-0.25, -0.2) is 4.98 Å². The van der Waals surface area contributed by atoms with Gasteiger partial charge in [-0.05, 0) is 42.8 Å². The van der Waals surface area contributed by atoms with Crippen molar-refractivity contribution in [3.05, 3.63) is 46.6 Å². The van der Waals surface area contributed by atoms with E-state index in [0.717, 1.165) is 21.4 Å². The molecule has 0 atom stereocenters. The third-order valence-electron chi connectivity index (χ3n) is 2.51. The molecule has 0 fully saturated rings. The number of carbonyl (C=O) groups excluding carboxylic acids is 1. The number of nitrogens with one attached hydrogen (secondary N) is 2. The first kappa shape index (κ1) is 13.5. The summed E-state index contributed by atoms with van der Waals surface area (Å²) in [6.07, 6.45) is 1.68. The number of benzene rings is 1. The van der Waals surface area contributed by atoms with Crippen LogP contribution in [-0.4, -0.2) is 10.9 Å². The van der Waals surface area contributed by atoms with E-state index in [9.17, 15) is 4.79 Å². The van der Waals surface area contributed by atoms with Gasteiger partial charge >= 0.3 is 0 Å². The van der Waals surface area contributed by atoms with Gasteiger partial charge in [0.1, 0.15) is 5.82 Å². The first-order chi connectivity index (χ1) is 9.04. The topological polar surface area (TPSA) is 54.0 Å². The molecule has 0 unspecified atom stereocenters. The lowest BCUT2D eigenvalue weighted by atomic mass is 10.2. The maximum atomic E-state index is 10.9. The van der Waals surface area contributed by atoms with Crippen LogP contribution >= 0.6 is 15.9 Å². The largest absolute Gasteiger partial charge is 0.354 e. The minimum Gasteiger partial charge on any atom is -0.354 e. The van der Waals surface area contributed by atoms with Crippen LogP contribution in [0.3, 0.4) is 0 Å². The van der Waals surface area contributed by atoms with Crippen LogP contribution in [-0.2, 0) is 4.79 Å². The highest BCUT2D eigenvalue weighted by atomic mass is 79.9. The monoisotopic (exact) mass is 319 g/mol. The van der Waals surface area contributed by atoms with Crippen LogP contribution in [0.5, 0.6) is 0 Å². The summed E-state index contributed by atoms with van der Waals surface area (Å²) in [4.78, 5) is 15.0. The number of amides is 1. The number of carbonyl (C=O) groups is 1. The van der Waals surface area contributed by atoms with Crippen molar-refractivity contribution in [3.63, 3.8) is 0 Å². The van der Waals surface area contributed by atoms with Crippen molar-refractivity contribution in [2.24, 2.45) is 0 Å². The molecule has 1 heterocycles. The molecule has 1 aromatic carbocycles. The Bertz CT molecular complexity index is 596. The number of hydrogen-bond acceptors (Lipinski definition) is 3. The van der Waals surface area contributed by atoms with Gasteiger partial charge in [-0.15, -0.1) is 0 Å². The second kappa shape index (κ2) is 5.84. The summed E-state index contributed by atoms with van der Waals surface area (Å²) in [7, 11) is 0. The normalized spacial score (nSPS) is 10.1. The summed E-state index contributed by atoms with van der Waals surface area (Å²) >= 11 is 3.47. The van der Waals surface area contributed by atoms with Crippen molar-refractivity contribution < 1.29 is 4.79 Å². The quantitative estimate of drug-likeness (QED) is 0.903. The summed E-state index contributed by atoms with van der Waals surface area (Å²) in [6, 6.07) is 9.66. The minimum absolute atomic E-state index is 0.128. The number of rotatable bonds is 3. The van der Waals surface area contributed by atoms with Gasteiger partial charge in [-0.1, -0.05) is 15.9 Å². The Labute approximate surface area is 120 Å². The maximum absolute atomic E-state index is 10.9. The van der Waals surface area contributed by atoms with Gasteiger partial charge in [-0.2, -0.15) is 0 Å². The first-order valence-electron chi connectivity index (χ1n) is 5.81. The molecule has 0 spiro atoms. The Morgan fingerprint density at radius 1 is 1.21 bits per heavy atom. The fourth-order valence-corrected chi connectivity index (χ4v) is 1.86. The molecule has 4 nitrogen and oxygen atoms in total. The molecule has 0 saturated carbocycles. The molecule has 0 radical (unpaired) electrons. The third kappa shape index (κ3) is 3.79. The van der Waals surface area contributed by atoms with Crippen LogP contribution in [0.15, 0.2) is 41.0 Å². The Morgan fingerprint density at radius 3 is 2.53 bits per heavy atom. The number of hydrogen-bond donors (Lipinski definition) is 2. The molecule has 19 heavy (non-hydrogen) atoms. The summed E-state index contributed by atoms with van der Waals surface area (Å²) in [5.41, 5.74) is 3.03. The van der Waals surface area contributed by atoms with Gasteiger partial charge in [0, 0.05) is 17.1 Å². The van der Waals surface area contributed by atoms with Gasteiger partial charge in [0.15, 0.2) is 0 Å². The zero-order valence-corrected chi connectivity index (χ0v) is 12.3. The second-order valence-electron chi connectivity index (χ2n) is 4.20. The van der Waals surface area contributed by atoms with E-state index in [-0.39, 0.29) is 5.91 Å². The lowest BCUT2D eigenvalue weighted by Gasteiger charge is -2.08. The fourth-order valence-electron chi connectivity index (χ4n) is 1.61. The van der Waals surface area contributed by atoms with E-state index in [1.807, 2.05) is 31.2 Å². The van der Waals surface area contributed by atoms with Crippen molar-refractivity contribution >= 4 is 39.0 Å². The average molecular weight is 320 g/mol. The van der Waals surface area contributed by atoms with E-state index in [4.69, 9.17) is 0 Å². The van der Waals surface area contributed by atoms with Crippen molar-refractivity contribution in [3.8, 4) is 0 Å². The molecule has 98 valence electrons. The van der Waals surface area contributed by atoms with E-state index in [2.05, 4.69) is 31.5 Å². The van der Waals surface area contributed by atoms with Gasteiger partial charge in [0.2, 0.25) is 5.91 Å². The van der Waals surface area contributed by atoms with Gasteiger partial charge < -0.3 is 10.6 Å². The molecule has 2 aromatic rings.